The van der Waals surface area contributed by atoms with E-state index in [4.69, 9.17) is 9.79 Å². The minimum atomic E-state index is -8.92. The molecule has 11 heteroatoms. The summed E-state index contributed by atoms with van der Waals surface area (Å²) in [5, 5.41) is 1.41. The fourth-order valence-electron chi connectivity index (χ4n) is 1.02. The molecule has 5 nitrogen and oxygen atoms in total. The lowest BCUT2D eigenvalue weighted by Gasteiger charge is -2.59. The lowest BCUT2D eigenvalue weighted by molar-refractivity contribution is -0.117. The summed E-state index contributed by atoms with van der Waals surface area (Å²) in [5.74, 6) is -3.54. The van der Waals surface area contributed by atoms with Gasteiger partial charge in [-0.15, -0.1) is 15.5 Å². The van der Waals surface area contributed by atoms with E-state index in [1.807, 2.05) is 13.8 Å². The van der Waals surface area contributed by atoms with E-state index >= 15 is 0 Å². The minimum absolute atomic E-state index is 0.398. The maximum absolute atomic E-state index is 13.8. The quantitative estimate of drug-likeness (QED) is 0.384. The predicted octanol–water partition coefficient (Wildman–Crippen LogP) is 3.64. The lowest BCUT2D eigenvalue weighted by Crippen LogP contribution is -2.54. The fourth-order valence-corrected chi connectivity index (χ4v) is 4.28. The van der Waals surface area contributed by atoms with E-state index in [0.29, 0.717) is 19.9 Å². The average Bonchev–Trinajstić information content (AvgIpc) is 2.26. The zero-order chi connectivity index (χ0) is 17.8. The molecule has 0 unspecified atom stereocenters. The van der Waals surface area contributed by atoms with Crippen LogP contribution in [-0.4, -0.2) is 32.5 Å². The third-order valence-corrected chi connectivity index (χ3v) is 7.04. The Morgan fingerprint density at radius 2 is 1.67 bits per heavy atom. The fraction of sp³-hybridized carbons (Fsp3) is 0.700. The first kappa shape index (κ1) is 22.7. The van der Waals surface area contributed by atoms with Crippen molar-refractivity contribution in [1.82, 2.24) is 5.32 Å². The highest BCUT2D eigenvalue weighted by molar-refractivity contribution is 8.50. The molecule has 0 aliphatic heterocycles. The van der Waals surface area contributed by atoms with Crippen LogP contribution in [0.4, 0.5) is 15.5 Å². The zero-order valence-electron chi connectivity index (χ0n) is 12.3. The average molecular weight is 359 g/mol. The van der Waals surface area contributed by atoms with Crippen LogP contribution in [0.3, 0.4) is 0 Å². The molecule has 0 fully saturated rings. The highest BCUT2D eigenvalue weighted by Gasteiger charge is 2.74. The number of halogens is 4. The SMILES string of the molecule is C=CC(=O)NC(C)(C)S(F)(F)(F)(F)CCP(=O)(O)O.CC. The van der Waals surface area contributed by atoms with E-state index < -0.39 is 40.1 Å². The smallest absolute Gasteiger partial charge is 0.326 e. The monoisotopic (exact) mass is 359 g/mol. The van der Waals surface area contributed by atoms with Gasteiger partial charge in [0.1, 0.15) is 4.87 Å². The summed E-state index contributed by atoms with van der Waals surface area (Å²) in [6.07, 6.45) is -1.14. The Balaban J connectivity index is 0. The Morgan fingerprint density at radius 1 is 1.29 bits per heavy atom. The number of amides is 1. The van der Waals surface area contributed by atoms with Crippen LogP contribution < -0.4 is 5.32 Å². The molecule has 0 spiro atoms. The molecule has 0 heterocycles. The van der Waals surface area contributed by atoms with Crippen LogP contribution in [0.1, 0.15) is 27.7 Å². The number of carbonyl (C=O) groups excluding carboxylic acids is 1. The van der Waals surface area contributed by atoms with Crippen LogP contribution in [0.2, 0.25) is 0 Å². The van der Waals surface area contributed by atoms with Gasteiger partial charge in [-0.25, -0.2) is 0 Å². The van der Waals surface area contributed by atoms with Gasteiger partial charge >= 0.3 is 7.60 Å². The number of hydrogen-bond donors (Lipinski definition) is 3. The van der Waals surface area contributed by atoms with Crippen molar-refractivity contribution in [2.24, 2.45) is 0 Å². The summed E-state index contributed by atoms with van der Waals surface area (Å²) in [4.78, 5) is 24.6. The van der Waals surface area contributed by atoms with Crippen molar-refractivity contribution in [3.05, 3.63) is 12.7 Å². The van der Waals surface area contributed by atoms with E-state index in [2.05, 4.69) is 6.58 Å². The first-order chi connectivity index (χ1) is 8.93. The molecule has 0 aromatic carbocycles. The normalized spacial score (nSPS) is 15.9. The predicted molar refractivity (Wildman–Crippen MR) is 77.6 cm³/mol. The van der Waals surface area contributed by atoms with Crippen molar-refractivity contribution in [3.63, 3.8) is 0 Å². The molecule has 0 aliphatic rings. The van der Waals surface area contributed by atoms with Crippen LogP contribution in [0.5, 0.6) is 0 Å². The Labute approximate surface area is 121 Å². The molecule has 21 heavy (non-hydrogen) atoms. The van der Waals surface area contributed by atoms with Gasteiger partial charge in [-0.2, -0.15) is 0 Å². The second kappa shape index (κ2) is 5.91. The molecular weight excluding hydrogens is 337 g/mol. The van der Waals surface area contributed by atoms with Crippen molar-refractivity contribution in [3.8, 4) is 0 Å². The van der Waals surface area contributed by atoms with E-state index in [-0.39, 0.29) is 0 Å². The lowest BCUT2D eigenvalue weighted by atomic mass is 10.4. The second-order valence-corrected chi connectivity index (χ2v) is 10.2. The summed E-state index contributed by atoms with van der Waals surface area (Å²) in [6, 6.07) is 0. The van der Waals surface area contributed by atoms with Crippen LogP contribution in [0, 0.1) is 0 Å². The van der Waals surface area contributed by atoms with Crippen LogP contribution in [-0.2, 0) is 9.36 Å². The molecule has 0 aromatic rings. The van der Waals surface area contributed by atoms with Gasteiger partial charge < -0.3 is 15.1 Å². The minimum Gasteiger partial charge on any atom is -0.333 e. The molecule has 0 bridgehead atoms. The molecule has 0 atom stereocenters. The third-order valence-electron chi connectivity index (χ3n) is 2.54. The summed E-state index contributed by atoms with van der Waals surface area (Å²) >= 11 is 0. The molecule has 3 N–H and O–H groups in total. The van der Waals surface area contributed by atoms with Gasteiger partial charge in [0.15, 0.2) is 9.84 Å². The summed E-state index contributed by atoms with van der Waals surface area (Å²) in [7, 11) is -13.9. The summed E-state index contributed by atoms with van der Waals surface area (Å²) < 4.78 is 65.7. The van der Waals surface area contributed by atoms with Crippen molar-refractivity contribution < 1.29 is 34.7 Å². The Kier molecular flexibility index (Phi) is 6.39. The van der Waals surface area contributed by atoms with Crippen molar-refractivity contribution in [2.45, 2.75) is 32.6 Å². The van der Waals surface area contributed by atoms with E-state index in [1.54, 1.807) is 0 Å². The largest absolute Gasteiger partial charge is 0.333 e. The van der Waals surface area contributed by atoms with Crippen LogP contribution >= 0.6 is 17.4 Å². The number of hydrogen-bond acceptors (Lipinski definition) is 2. The second-order valence-electron chi connectivity index (χ2n) is 4.54. The van der Waals surface area contributed by atoms with Gasteiger partial charge in [0.25, 0.3) is 0 Å². The van der Waals surface area contributed by atoms with E-state index in [1.165, 1.54) is 5.32 Å². The van der Waals surface area contributed by atoms with Gasteiger partial charge in [-0.1, -0.05) is 20.4 Å². The maximum atomic E-state index is 13.8. The van der Waals surface area contributed by atoms with Gasteiger partial charge in [0.05, 0.1) is 11.9 Å². The highest BCUT2D eigenvalue weighted by Crippen LogP contribution is 3.01. The zero-order valence-corrected chi connectivity index (χ0v) is 14.0. The Hall–Kier alpha value is -0.570. The molecule has 0 saturated heterocycles. The summed E-state index contributed by atoms with van der Waals surface area (Å²) in [5.41, 5.74) is 0. The van der Waals surface area contributed by atoms with Crippen molar-refractivity contribution in [1.29, 1.82) is 0 Å². The molecule has 0 rings (SSSR count). The molecule has 0 aliphatic carbocycles. The number of nitrogens with one attached hydrogen (secondary N) is 1. The van der Waals surface area contributed by atoms with Crippen LogP contribution in [0.25, 0.3) is 0 Å². The molecule has 1 amide bonds. The van der Waals surface area contributed by atoms with E-state index in [0.717, 1.165) is 0 Å². The first-order valence-electron chi connectivity index (χ1n) is 5.91. The van der Waals surface area contributed by atoms with Gasteiger partial charge in [0.2, 0.25) is 5.91 Å². The molecule has 0 radical (unpaired) electrons. The Bertz CT molecular complexity index is 456. The standard InChI is InChI=1S/C8H16F4NO4PS.C2H6/c1-4-7(14)13-8(2,3)19(9,10,11,12)6-5-18(15,16)17;1-2/h4H,1,5-6H2,2-3H3,(H,13,14)(H2,15,16,17);1-2H3. The molecular formula is C10H22F4NO4PS. The molecule has 0 saturated carbocycles. The highest BCUT2D eigenvalue weighted by atomic mass is 32.5. The van der Waals surface area contributed by atoms with Gasteiger partial charge in [-0.3, -0.25) is 9.36 Å². The molecule has 130 valence electrons. The third kappa shape index (κ3) is 6.37. The van der Waals surface area contributed by atoms with Crippen molar-refractivity contribution in [2.75, 3.05) is 11.9 Å². The topological polar surface area (TPSA) is 86.6 Å². The Morgan fingerprint density at radius 3 is 1.95 bits per heavy atom. The van der Waals surface area contributed by atoms with Crippen LogP contribution in [0.15, 0.2) is 12.7 Å². The van der Waals surface area contributed by atoms with Gasteiger partial charge in [-0.05, 0) is 19.9 Å². The molecule has 0 aromatic heterocycles. The summed E-state index contributed by atoms with van der Waals surface area (Å²) in [6.45, 7) is 7.74. The number of rotatable bonds is 6. The maximum Gasteiger partial charge on any atom is 0.326 e. The van der Waals surface area contributed by atoms with Crippen molar-refractivity contribution >= 4 is 23.3 Å². The van der Waals surface area contributed by atoms with E-state index in [9.17, 15) is 24.9 Å². The first-order valence-corrected chi connectivity index (χ1v) is 9.93. The van der Waals surface area contributed by atoms with Gasteiger partial charge in [0, 0.05) is 0 Å². The number of carbonyl (C=O) groups is 1.